The number of thiophene rings is 1. The van der Waals surface area contributed by atoms with E-state index in [1.807, 2.05) is 35.3 Å². The molecule has 0 saturated carbocycles. The zero-order valence-electron chi connectivity index (χ0n) is 13.5. The van der Waals surface area contributed by atoms with E-state index in [4.69, 9.17) is 9.47 Å². The van der Waals surface area contributed by atoms with Gasteiger partial charge in [0, 0.05) is 18.8 Å². The highest BCUT2D eigenvalue weighted by molar-refractivity contribution is 7.13. The first-order valence-corrected chi connectivity index (χ1v) is 8.58. The second-order valence-electron chi connectivity index (χ2n) is 5.50. The molecule has 0 aliphatic carbocycles. The molecule has 7 nitrogen and oxygen atoms in total. The van der Waals surface area contributed by atoms with Gasteiger partial charge >= 0.3 is 6.03 Å². The molecule has 8 heteroatoms. The van der Waals surface area contributed by atoms with E-state index in [1.165, 1.54) is 0 Å². The summed E-state index contributed by atoms with van der Waals surface area (Å²) in [4.78, 5) is 13.2. The largest absolute Gasteiger partial charge is 0.454 e. The fourth-order valence-corrected chi connectivity index (χ4v) is 3.36. The Morgan fingerprint density at radius 2 is 2.16 bits per heavy atom. The molecule has 4 rings (SSSR count). The number of aromatic nitrogens is 2. The number of hydrogen-bond donors (Lipinski definition) is 2. The summed E-state index contributed by atoms with van der Waals surface area (Å²) in [5.41, 5.74) is 2.47. The van der Waals surface area contributed by atoms with Crippen LogP contribution in [0.25, 0.3) is 10.6 Å². The summed E-state index contributed by atoms with van der Waals surface area (Å²) in [5.74, 6) is 1.31. The minimum atomic E-state index is -0.304. The van der Waals surface area contributed by atoms with Crippen molar-refractivity contribution in [3.63, 3.8) is 0 Å². The number of carbonyl (C=O) groups is 1. The average molecular weight is 356 g/mol. The zero-order valence-corrected chi connectivity index (χ0v) is 14.3. The maximum atomic E-state index is 12.1. The van der Waals surface area contributed by atoms with Gasteiger partial charge < -0.3 is 20.1 Å². The van der Waals surface area contributed by atoms with Gasteiger partial charge in [-0.15, -0.1) is 11.3 Å². The summed E-state index contributed by atoms with van der Waals surface area (Å²) in [6.45, 7) is 0.548. The lowest BCUT2D eigenvalue weighted by atomic mass is 10.3. The van der Waals surface area contributed by atoms with Crippen LogP contribution >= 0.6 is 11.3 Å². The summed E-state index contributed by atoms with van der Waals surface area (Å²) >= 11 is 1.66. The molecule has 1 aliphatic heterocycles. The third-order valence-electron chi connectivity index (χ3n) is 3.76. The molecule has 0 unspecified atom stereocenters. The van der Waals surface area contributed by atoms with Crippen LogP contribution in [0.3, 0.4) is 0 Å². The first kappa shape index (κ1) is 15.5. The number of ether oxygens (including phenoxy) is 2. The van der Waals surface area contributed by atoms with Crippen LogP contribution < -0.4 is 20.1 Å². The highest BCUT2D eigenvalue weighted by Crippen LogP contribution is 2.34. The summed E-state index contributed by atoms with van der Waals surface area (Å²) in [5, 5.41) is 12.0. The van der Waals surface area contributed by atoms with Crippen LogP contribution in [0.2, 0.25) is 0 Å². The van der Waals surface area contributed by atoms with E-state index in [1.54, 1.807) is 29.5 Å². The van der Waals surface area contributed by atoms with Crippen LogP contribution in [-0.4, -0.2) is 22.6 Å². The third kappa shape index (κ3) is 3.29. The predicted molar refractivity (Wildman–Crippen MR) is 94.9 cm³/mol. The molecule has 2 amide bonds. The van der Waals surface area contributed by atoms with E-state index >= 15 is 0 Å². The SMILES string of the molecule is Cn1nc(CNC(=O)Nc2ccc3c(c2)OCO3)cc1-c1cccs1. The number of rotatable bonds is 4. The molecule has 3 heterocycles. The molecule has 0 saturated heterocycles. The van der Waals surface area contributed by atoms with Crippen LogP contribution in [0.15, 0.2) is 41.8 Å². The molecular weight excluding hydrogens is 340 g/mol. The van der Waals surface area contributed by atoms with Gasteiger partial charge in [-0.25, -0.2) is 4.79 Å². The fourth-order valence-electron chi connectivity index (χ4n) is 2.59. The Hall–Kier alpha value is -3.00. The van der Waals surface area contributed by atoms with E-state index in [-0.39, 0.29) is 12.8 Å². The number of fused-ring (bicyclic) bond motifs is 1. The van der Waals surface area contributed by atoms with Crippen molar-refractivity contribution in [1.29, 1.82) is 0 Å². The van der Waals surface area contributed by atoms with Crippen LogP contribution in [-0.2, 0) is 13.6 Å². The molecule has 25 heavy (non-hydrogen) atoms. The van der Waals surface area contributed by atoms with Gasteiger partial charge in [-0.3, -0.25) is 4.68 Å². The van der Waals surface area contributed by atoms with E-state index in [2.05, 4.69) is 15.7 Å². The van der Waals surface area contributed by atoms with Crippen LogP contribution in [0.1, 0.15) is 5.69 Å². The second kappa shape index (κ2) is 6.48. The Balaban J connectivity index is 1.37. The molecule has 1 aromatic carbocycles. The number of benzene rings is 1. The van der Waals surface area contributed by atoms with Crippen molar-refractivity contribution in [3.8, 4) is 22.1 Å². The van der Waals surface area contributed by atoms with Gasteiger partial charge in [0.2, 0.25) is 6.79 Å². The topological polar surface area (TPSA) is 77.4 Å². The summed E-state index contributed by atoms with van der Waals surface area (Å²) in [6, 6.07) is 11.0. The lowest BCUT2D eigenvalue weighted by Gasteiger charge is -2.07. The quantitative estimate of drug-likeness (QED) is 0.753. The lowest BCUT2D eigenvalue weighted by molar-refractivity contribution is 0.174. The van der Waals surface area contributed by atoms with E-state index in [0.717, 1.165) is 16.3 Å². The van der Waals surface area contributed by atoms with E-state index in [0.29, 0.717) is 23.7 Å². The van der Waals surface area contributed by atoms with Crippen molar-refractivity contribution in [1.82, 2.24) is 15.1 Å². The number of carbonyl (C=O) groups excluding carboxylic acids is 1. The monoisotopic (exact) mass is 356 g/mol. The molecular formula is C17H16N4O3S. The molecule has 0 spiro atoms. The van der Waals surface area contributed by atoms with Crippen molar-refractivity contribution < 1.29 is 14.3 Å². The number of amides is 2. The summed E-state index contributed by atoms with van der Waals surface area (Å²) in [6.07, 6.45) is 0. The number of anilines is 1. The van der Waals surface area contributed by atoms with Gasteiger partial charge in [0.1, 0.15) is 0 Å². The average Bonchev–Trinajstić information content (AvgIpc) is 3.33. The number of hydrogen-bond acceptors (Lipinski definition) is 5. The van der Waals surface area contributed by atoms with Crippen molar-refractivity contribution in [3.05, 3.63) is 47.5 Å². The summed E-state index contributed by atoms with van der Waals surface area (Å²) < 4.78 is 12.4. The first-order valence-electron chi connectivity index (χ1n) is 7.70. The van der Waals surface area contributed by atoms with Gasteiger partial charge in [-0.1, -0.05) is 6.07 Å². The smallest absolute Gasteiger partial charge is 0.319 e. The number of urea groups is 1. The Morgan fingerprint density at radius 1 is 1.28 bits per heavy atom. The maximum absolute atomic E-state index is 12.1. The van der Waals surface area contributed by atoms with Crippen molar-refractivity contribution >= 4 is 23.1 Å². The van der Waals surface area contributed by atoms with Crippen molar-refractivity contribution in [2.75, 3.05) is 12.1 Å². The van der Waals surface area contributed by atoms with Crippen LogP contribution in [0.5, 0.6) is 11.5 Å². The van der Waals surface area contributed by atoms with E-state index < -0.39 is 0 Å². The Labute approximate surface area is 148 Å². The Morgan fingerprint density at radius 3 is 3.00 bits per heavy atom. The van der Waals surface area contributed by atoms with Gasteiger partial charge in [0.25, 0.3) is 0 Å². The molecule has 0 atom stereocenters. The standard InChI is InChI=1S/C17H16N4O3S/c1-21-13(16-3-2-6-25-16)7-12(20-21)9-18-17(22)19-11-4-5-14-15(8-11)24-10-23-14/h2-8H,9-10H2,1H3,(H2,18,19,22). The minimum absolute atomic E-state index is 0.206. The first-order chi connectivity index (χ1) is 12.2. The minimum Gasteiger partial charge on any atom is -0.454 e. The summed E-state index contributed by atoms with van der Waals surface area (Å²) in [7, 11) is 1.89. The van der Waals surface area contributed by atoms with Crippen LogP contribution in [0.4, 0.5) is 10.5 Å². The zero-order chi connectivity index (χ0) is 17.2. The van der Waals surface area contributed by atoms with Crippen molar-refractivity contribution in [2.45, 2.75) is 6.54 Å². The molecule has 0 bridgehead atoms. The normalized spacial score (nSPS) is 12.2. The molecule has 0 fully saturated rings. The third-order valence-corrected chi connectivity index (χ3v) is 4.66. The molecule has 128 valence electrons. The molecule has 3 aromatic rings. The molecule has 2 aromatic heterocycles. The number of nitrogens with zero attached hydrogens (tertiary/aromatic N) is 2. The number of nitrogens with one attached hydrogen (secondary N) is 2. The van der Waals surface area contributed by atoms with Gasteiger partial charge in [0.15, 0.2) is 11.5 Å². The number of aryl methyl sites for hydroxylation is 1. The Bertz CT molecular complexity index is 905. The highest BCUT2D eigenvalue weighted by atomic mass is 32.1. The molecule has 0 radical (unpaired) electrons. The highest BCUT2D eigenvalue weighted by Gasteiger charge is 2.14. The van der Waals surface area contributed by atoms with Gasteiger partial charge in [-0.05, 0) is 29.6 Å². The van der Waals surface area contributed by atoms with Gasteiger partial charge in [0.05, 0.1) is 22.8 Å². The fraction of sp³-hybridized carbons (Fsp3) is 0.176. The lowest BCUT2D eigenvalue weighted by Crippen LogP contribution is -2.28. The molecule has 1 aliphatic rings. The second-order valence-corrected chi connectivity index (χ2v) is 6.45. The van der Waals surface area contributed by atoms with Crippen LogP contribution in [0, 0.1) is 0 Å². The van der Waals surface area contributed by atoms with Gasteiger partial charge in [-0.2, -0.15) is 5.10 Å². The predicted octanol–water partition coefficient (Wildman–Crippen LogP) is 3.20. The Kier molecular flexibility index (Phi) is 4.02. The maximum Gasteiger partial charge on any atom is 0.319 e. The molecule has 2 N–H and O–H groups in total. The van der Waals surface area contributed by atoms with Crippen molar-refractivity contribution in [2.24, 2.45) is 7.05 Å². The van der Waals surface area contributed by atoms with E-state index in [9.17, 15) is 4.79 Å².